The highest BCUT2D eigenvalue weighted by Gasteiger charge is 2.23. The van der Waals surface area contributed by atoms with Gasteiger partial charge in [-0.1, -0.05) is 33.6 Å². The summed E-state index contributed by atoms with van der Waals surface area (Å²) < 4.78 is 5.54. The fraction of sp³-hybridized carbons (Fsp3) is 1.00. The van der Waals surface area contributed by atoms with E-state index in [1.807, 2.05) is 7.11 Å². The maximum atomic E-state index is 5.54. The van der Waals surface area contributed by atoms with Crippen LogP contribution in [0.5, 0.6) is 0 Å². The highest BCUT2D eigenvalue weighted by molar-refractivity contribution is 4.79. The van der Waals surface area contributed by atoms with Crippen molar-refractivity contribution in [3.63, 3.8) is 0 Å². The molecular formula is C16H35NO. The first-order valence-corrected chi connectivity index (χ1v) is 7.79. The molecule has 0 aliphatic carbocycles. The van der Waals surface area contributed by atoms with Gasteiger partial charge in [0.2, 0.25) is 0 Å². The van der Waals surface area contributed by atoms with E-state index in [1.54, 1.807) is 0 Å². The van der Waals surface area contributed by atoms with Crippen molar-refractivity contribution in [3.05, 3.63) is 0 Å². The summed E-state index contributed by atoms with van der Waals surface area (Å²) in [5.74, 6) is 0.826. The lowest BCUT2D eigenvalue weighted by Crippen LogP contribution is -2.38. The molecule has 0 saturated carbocycles. The van der Waals surface area contributed by atoms with Crippen LogP contribution >= 0.6 is 0 Å². The lowest BCUT2D eigenvalue weighted by Gasteiger charge is -2.31. The van der Waals surface area contributed by atoms with Crippen LogP contribution in [0.1, 0.15) is 73.1 Å². The molecule has 0 heterocycles. The van der Waals surface area contributed by atoms with Gasteiger partial charge in [-0.05, 0) is 52.0 Å². The summed E-state index contributed by atoms with van der Waals surface area (Å²) in [6.45, 7) is 12.2. The molecule has 0 spiro atoms. The van der Waals surface area contributed by atoms with E-state index < -0.39 is 0 Å². The van der Waals surface area contributed by atoms with Crippen LogP contribution in [0, 0.1) is 5.92 Å². The van der Waals surface area contributed by atoms with Crippen molar-refractivity contribution in [2.75, 3.05) is 13.7 Å². The SMILES string of the molecule is CCCC(CCC)C(CCC(C)(C)OC)NCC. The van der Waals surface area contributed by atoms with Crippen LogP contribution in [0.3, 0.4) is 0 Å². The Kier molecular flexibility index (Phi) is 9.76. The molecule has 0 bridgehead atoms. The third kappa shape index (κ3) is 7.38. The van der Waals surface area contributed by atoms with Gasteiger partial charge in [0.1, 0.15) is 0 Å². The average Bonchev–Trinajstić information content (AvgIpc) is 2.34. The van der Waals surface area contributed by atoms with E-state index in [1.165, 1.54) is 32.1 Å². The third-order valence-electron chi connectivity index (χ3n) is 3.96. The van der Waals surface area contributed by atoms with Crippen LogP contribution in [0.25, 0.3) is 0 Å². The minimum Gasteiger partial charge on any atom is -0.379 e. The summed E-state index contributed by atoms with van der Waals surface area (Å²) in [7, 11) is 1.82. The molecule has 0 amide bonds. The molecule has 1 atom stereocenters. The van der Waals surface area contributed by atoms with Crippen molar-refractivity contribution in [2.24, 2.45) is 5.92 Å². The number of rotatable bonds is 11. The van der Waals surface area contributed by atoms with Crippen molar-refractivity contribution >= 4 is 0 Å². The predicted octanol–water partition coefficient (Wildman–Crippen LogP) is 4.39. The zero-order valence-electron chi connectivity index (χ0n) is 13.5. The number of nitrogens with one attached hydrogen (secondary N) is 1. The molecule has 1 N–H and O–H groups in total. The number of ether oxygens (including phenoxy) is 1. The molecule has 0 aliphatic heterocycles. The lowest BCUT2D eigenvalue weighted by atomic mass is 9.85. The highest BCUT2D eigenvalue weighted by atomic mass is 16.5. The number of methoxy groups -OCH3 is 1. The molecule has 2 nitrogen and oxygen atoms in total. The fourth-order valence-electron chi connectivity index (χ4n) is 2.66. The minimum atomic E-state index is 0.0106. The molecule has 0 aromatic heterocycles. The molecular weight excluding hydrogens is 222 g/mol. The largest absolute Gasteiger partial charge is 0.379 e. The molecule has 0 saturated heterocycles. The van der Waals surface area contributed by atoms with Crippen molar-refractivity contribution in [1.29, 1.82) is 0 Å². The molecule has 18 heavy (non-hydrogen) atoms. The third-order valence-corrected chi connectivity index (χ3v) is 3.96. The second-order valence-electron chi connectivity index (χ2n) is 6.00. The Morgan fingerprint density at radius 1 is 1.00 bits per heavy atom. The Hall–Kier alpha value is -0.0800. The highest BCUT2D eigenvalue weighted by Crippen LogP contribution is 2.25. The van der Waals surface area contributed by atoms with Crippen LogP contribution in [0.2, 0.25) is 0 Å². The van der Waals surface area contributed by atoms with Gasteiger partial charge in [0, 0.05) is 13.2 Å². The molecule has 2 heteroatoms. The molecule has 0 aliphatic rings. The van der Waals surface area contributed by atoms with Crippen molar-refractivity contribution in [1.82, 2.24) is 5.32 Å². The summed E-state index contributed by atoms with van der Waals surface area (Å²) in [5, 5.41) is 3.69. The quantitative estimate of drug-likeness (QED) is 0.593. The second-order valence-corrected chi connectivity index (χ2v) is 6.00. The summed E-state index contributed by atoms with van der Waals surface area (Å²) in [6.07, 6.45) is 7.63. The van der Waals surface area contributed by atoms with Crippen molar-refractivity contribution in [2.45, 2.75) is 84.8 Å². The predicted molar refractivity (Wildman–Crippen MR) is 81.1 cm³/mol. The Balaban J connectivity index is 4.40. The molecule has 1 unspecified atom stereocenters. The van der Waals surface area contributed by atoms with Gasteiger partial charge in [0.25, 0.3) is 0 Å². The van der Waals surface area contributed by atoms with Gasteiger partial charge in [0.15, 0.2) is 0 Å². The van der Waals surface area contributed by atoms with E-state index >= 15 is 0 Å². The van der Waals surface area contributed by atoms with Gasteiger partial charge < -0.3 is 10.1 Å². The molecule has 0 aromatic rings. The molecule has 0 rings (SSSR count). The van der Waals surface area contributed by atoms with Gasteiger partial charge in [-0.15, -0.1) is 0 Å². The Labute approximate surface area is 115 Å². The standard InChI is InChI=1S/C16H35NO/c1-7-10-14(11-8-2)15(17-9-3)12-13-16(4,5)18-6/h14-15,17H,7-13H2,1-6H3. The molecule has 0 radical (unpaired) electrons. The first kappa shape index (κ1) is 17.9. The van der Waals surface area contributed by atoms with E-state index in [-0.39, 0.29) is 5.60 Å². The van der Waals surface area contributed by atoms with Crippen LogP contribution in [0.15, 0.2) is 0 Å². The van der Waals surface area contributed by atoms with Gasteiger partial charge in [0.05, 0.1) is 5.60 Å². The van der Waals surface area contributed by atoms with Crippen LogP contribution < -0.4 is 5.32 Å². The number of hydrogen-bond donors (Lipinski definition) is 1. The second kappa shape index (κ2) is 9.80. The molecule has 110 valence electrons. The van der Waals surface area contributed by atoms with Crippen molar-refractivity contribution < 1.29 is 4.74 Å². The Morgan fingerprint density at radius 2 is 1.56 bits per heavy atom. The van der Waals surface area contributed by atoms with E-state index in [9.17, 15) is 0 Å². The van der Waals surface area contributed by atoms with Crippen LogP contribution in [0.4, 0.5) is 0 Å². The summed E-state index contributed by atoms with van der Waals surface area (Å²) >= 11 is 0. The fourth-order valence-corrected chi connectivity index (χ4v) is 2.66. The maximum absolute atomic E-state index is 5.54. The van der Waals surface area contributed by atoms with E-state index in [0.717, 1.165) is 18.9 Å². The van der Waals surface area contributed by atoms with Crippen LogP contribution in [-0.2, 0) is 4.74 Å². The van der Waals surface area contributed by atoms with Gasteiger partial charge in [-0.3, -0.25) is 0 Å². The monoisotopic (exact) mass is 257 g/mol. The zero-order chi connectivity index (χ0) is 14.0. The van der Waals surface area contributed by atoms with E-state index in [4.69, 9.17) is 4.74 Å². The summed E-state index contributed by atoms with van der Waals surface area (Å²) in [6, 6.07) is 0.657. The van der Waals surface area contributed by atoms with Crippen LogP contribution in [-0.4, -0.2) is 25.3 Å². The maximum Gasteiger partial charge on any atom is 0.0623 e. The first-order valence-electron chi connectivity index (χ1n) is 7.79. The normalized spacial score (nSPS) is 14.2. The molecule has 0 fully saturated rings. The Morgan fingerprint density at radius 3 is 1.94 bits per heavy atom. The van der Waals surface area contributed by atoms with Gasteiger partial charge in [-0.2, -0.15) is 0 Å². The first-order chi connectivity index (χ1) is 8.50. The topological polar surface area (TPSA) is 21.3 Å². The lowest BCUT2D eigenvalue weighted by molar-refractivity contribution is 0.00990. The summed E-state index contributed by atoms with van der Waals surface area (Å²) in [5.41, 5.74) is 0.0106. The summed E-state index contributed by atoms with van der Waals surface area (Å²) in [4.78, 5) is 0. The average molecular weight is 257 g/mol. The Bertz CT molecular complexity index is 186. The molecule has 0 aromatic carbocycles. The van der Waals surface area contributed by atoms with Gasteiger partial charge >= 0.3 is 0 Å². The minimum absolute atomic E-state index is 0.0106. The van der Waals surface area contributed by atoms with E-state index in [0.29, 0.717) is 6.04 Å². The van der Waals surface area contributed by atoms with E-state index in [2.05, 4.69) is 39.9 Å². The van der Waals surface area contributed by atoms with Gasteiger partial charge in [-0.25, -0.2) is 0 Å². The van der Waals surface area contributed by atoms with Crippen molar-refractivity contribution in [3.8, 4) is 0 Å². The zero-order valence-corrected chi connectivity index (χ0v) is 13.5. The number of hydrogen-bond acceptors (Lipinski definition) is 2. The smallest absolute Gasteiger partial charge is 0.0623 e.